The summed E-state index contributed by atoms with van der Waals surface area (Å²) >= 11 is 0. The molecule has 0 radical (unpaired) electrons. The maximum Gasteiger partial charge on any atom is 0.416 e. The molecule has 1 aliphatic rings. The van der Waals surface area contributed by atoms with E-state index in [-0.39, 0.29) is 24.3 Å². The number of alkyl halides is 3. The van der Waals surface area contributed by atoms with Gasteiger partial charge in [0.1, 0.15) is 0 Å². The summed E-state index contributed by atoms with van der Waals surface area (Å²) in [4.78, 5) is 22.9. The zero-order valence-electron chi connectivity index (χ0n) is 13.3. The van der Waals surface area contributed by atoms with E-state index in [0.717, 1.165) is 12.1 Å². The second-order valence-corrected chi connectivity index (χ2v) is 6.34. The molecule has 0 aliphatic heterocycles. The van der Waals surface area contributed by atoms with Crippen molar-refractivity contribution >= 4 is 11.9 Å². The Morgan fingerprint density at radius 2 is 1.88 bits per heavy atom. The number of aliphatic carboxylic acids is 1. The molecule has 24 heavy (non-hydrogen) atoms. The third-order valence-corrected chi connectivity index (χ3v) is 4.45. The monoisotopic (exact) mass is 343 g/mol. The fraction of sp³-hybridized carbons (Fsp3) is 0.529. The molecular formula is C17H20F3NO3. The van der Waals surface area contributed by atoms with Crippen molar-refractivity contribution in [2.24, 2.45) is 5.92 Å². The van der Waals surface area contributed by atoms with Crippen molar-refractivity contribution in [3.8, 4) is 0 Å². The van der Waals surface area contributed by atoms with E-state index < -0.39 is 23.6 Å². The van der Waals surface area contributed by atoms with Crippen molar-refractivity contribution in [3.05, 3.63) is 35.4 Å². The molecular weight excluding hydrogens is 323 g/mol. The van der Waals surface area contributed by atoms with Crippen molar-refractivity contribution in [1.82, 2.24) is 5.32 Å². The van der Waals surface area contributed by atoms with Crippen LogP contribution in [0.2, 0.25) is 0 Å². The van der Waals surface area contributed by atoms with Gasteiger partial charge in [-0.15, -0.1) is 0 Å². The Hall–Kier alpha value is -2.05. The number of amides is 1. The van der Waals surface area contributed by atoms with Crippen molar-refractivity contribution in [2.75, 3.05) is 0 Å². The third-order valence-electron chi connectivity index (χ3n) is 4.45. The average Bonchev–Trinajstić information content (AvgIpc) is 2.95. The lowest BCUT2D eigenvalue weighted by Gasteiger charge is -2.16. The Morgan fingerprint density at radius 1 is 1.25 bits per heavy atom. The van der Waals surface area contributed by atoms with Gasteiger partial charge in [0.2, 0.25) is 5.91 Å². The van der Waals surface area contributed by atoms with E-state index in [4.69, 9.17) is 5.11 Å². The van der Waals surface area contributed by atoms with Crippen molar-refractivity contribution < 1.29 is 27.9 Å². The van der Waals surface area contributed by atoms with Crippen LogP contribution in [0, 0.1) is 5.92 Å². The first-order valence-corrected chi connectivity index (χ1v) is 7.86. The van der Waals surface area contributed by atoms with Gasteiger partial charge in [0.15, 0.2) is 0 Å². The Morgan fingerprint density at radius 3 is 2.38 bits per heavy atom. The first kappa shape index (κ1) is 18.3. The summed E-state index contributed by atoms with van der Waals surface area (Å²) < 4.78 is 37.6. The molecule has 2 N–H and O–H groups in total. The van der Waals surface area contributed by atoms with Gasteiger partial charge in [-0.3, -0.25) is 9.59 Å². The number of benzene rings is 1. The number of hydrogen-bond donors (Lipinski definition) is 2. The molecule has 1 aromatic rings. The van der Waals surface area contributed by atoms with E-state index >= 15 is 0 Å². The molecule has 1 amide bonds. The van der Waals surface area contributed by atoms with Gasteiger partial charge in [0.05, 0.1) is 11.5 Å². The number of rotatable bonds is 5. The van der Waals surface area contributed by atoms with Gasteiger partial charge in [-0.2, -0.15) is 13.2 Å². The van der Waals surface area contributed by atoms with Crippen LogP contribution in [-0.4, -0.2) is 23.0 Å². The predicted octanol–water partition coefficient (Wildman–Crippen LogP) is 3.57. The second-order valence-electron chi connectivity index (χ2n) is 6.34. The molecule has 0 aromatic heterocycles. The van der Waals surface area contributed by atoms with Crippen LogP contribution in [-0.2, 0) is 15.8 Å². The zero-order chi connectivity index (χ0) is 17.9. The fourth-order valence-electron chi connectivity index (χ4n) is 3.02. The van der Waals surface area contributed by atoms with Crippen LogP contribution in [0.25, 0.3) is 0 Å². The normalized spacial score (nSPS) is 22.2. The molecule has 1 unspecified atom stereocenters. The predicted molar refractivity (Wildman–Crippen MR) is 81.4 cm³/mol. The van der Waals surface area contributed by atoms with E-state index in [9.17, 15) is 22.8 Å². The van der Waals surface area contributed by atoms with Crippen LogP contribution < -0.4 is 5.32 Å². The summed E-state index contributed by atoms with van der Waals surface area (Å²) in [6, 6.07) is 4.66. The zero-order valence-corrected chi connectivity index (χ0v) is 13.3. The van der Waals surface area contributed by atoms with Crippen molar-refractivity contribution in [1.29, 1.82) is 0 Å². The van der Waals surface area contributed by atoms with Crippen LogP contribution >= 0.6 is 0 Å². The molecule has 7 heteroatoms. The number of carbonyl (C=O) groups excluding carboxylic acids is 1. The number of carboxylic acids is 1. The lowest BCUT2D eigenvalue weighted by molar-refractivity contribution is -0.141. The summed E-state index contributed by atoms with van der Waals surface area (Å²) in [6.07, 6.45) is -2.61. The minimum atomic E-state index is -4.37. The molecule has 132 valence electrons. The summed E-state index contributed by atoms with van der Waals surface area (Å²) in [7, 11) is 0. The molecule has 2 rings (SSSR count). The Balaban J connectivity index is 1.86. The molecule has 0 bridgehead atoms. The Bertz CT molecular complexity index is 598. The van der Waals surface area contributed by atoms with Gasteiger partial charge in [0.25, 0.3) is 0 Å². The maximum absolute atomic E-state index is 12.5. The minimum Gasteiger partial charge on any atom is -0.481 e. The quantitative estimate of drug-likeness (QED) is 0.859. The van der Waals surface area contributed by atoms with Gasteiger partial charge in [-0.25, -0.2) is 0 Å². The molecule has 1 aromatic carbocycles. The van der Waals surface area contributed by atoms with Gasteiger partial charge in [-0.05, 0) is 42.9 Å². The van der Waals surface area contributed by atoms with Crippen LogP contribution in [0.1, 0.15) is 49.7 Å². The van der Waals surface area contributed by atoms with Gasteiger partial charge < -0.3 is 10.4 Å². The third kappa shape index (κ3) is 4.72. The van der Waals surface area contributed by atoms with Gasteiger partial charge in [0, 0.05) is 12.5 Å². The smallest absolute Gasteiger partial charge is 0.416 e. The lowest BCUT2D eigenvalue weighted by Crippen LogP contribution is -2.33. The fourth-order valence-corrected chi connectivity index (χ4v) is 3.02. The average molecular weight is 343 g/mol. The number of nitrogens with one attached hydrogen (secondary N) is 1. The highest BCUT2D eigenvalue weighted by Crippen LogP contribution is 2.31. The van der Waals surface area contributed by atoms with Gasteiger partial charge >= 0.3 is 12.1 Å². The molecule has 4 nitrogen and oxygen atoms in total. The van der Waals surface area contributed by atoms with E-state index in [0.29, 0.717) is 24.8 Å². The molecule has 1 aliphatic carbocycles. The SMILES string of the molecule is CC(CC(=O)N[C@@H]1CC[C@H](C(=O)O)C1)c1ccc(C(F)(F)F)cc1. The summed E-state index contributed by atoms with van der Waals surface area (Å²) in [5, 5.41) is 11.8. The van der Waals surface area contributed by atoms with Crippen molar-refractivity contribution in [2.45, 2.75) is 50.7 Å². The summed E-state index contributed by atoms with van der Waals surface area (Å²) in [5.74, 6) is -1.69. The molecule has 0 heterocycles. The van der Waals surface area contributed by atoms with Crippen molar-refractivity contribution in [3.63, 3.8) is 0 Å². The van der Waals surface area contributed by atoms with E-state index in [1.165, 1.54) is 12.1 Å². The van der Waals surface area contributed by atoms with E-state index in [1.807, 2.05) is 0 Å². The first-order chi connectivity index (χ1) is 11.2. The Kier molecular flexibility index (Phi) is 5.51. The van der Waals surface area contributed by atoms with Crippen LogP contribution in [0.15, 0.2) is 24.3 Å². The van der Waals surface area contributed by atoms with E-state index in [1.54, 1.807) is 6.92 Å². The molecule has 0 spiro atoms. The van der Waals surface area contributed by atoms with Gasteiger partial charge in [-0.1, -0.05) is 19.1 Å². The topological polar surface area (TPSA) is 66.4 Å². The highest BCUT2D eigenvalue weighted by molar-refractivity contribution is 5.77. The molecule has 0 saturated heterocycles. The lowest BCUT2D eigenvalue weighted by atomic mass is 9.96. The number of hydrogen-bond acceptors (Lipinski definition) is 2. The number of carboxylic acid groups (broad SMARTS) is 1. The van der Waals surface area contributed by atoms with E-state index in [2.05, 4.69) is 5.32 Å². The molecule has 3 atom stereocenters. The summed E-state index contributed by atoms with van der Waals surface area (Å²) in [5.41, 5.74) is -0.0541. The first-order valence-electron chi connectivity index (χ1n) is 7.86. The molecule has 1 fully saturated rings. The standard InChI is InChI=1S/C17H20F3NO3/c1-10(11-2-5-13(6-3-11)17(18,19)20)8-15(22)21-14-7-4-12(9-14)16(23)24/h2-3,5-6,10,12,14H,4,7-9H2,1H3,(H,21,22)(H,23,24)/t10?,12-,14+/m0/s1. The minimum absolute atomic E-state index is 0.140. The van der Waals surface area contributed by atoms with Crippen LogP contribution in [0.3, 0.4) is 0 Å². The maximum atomic E-state index is 12.5. The number of halogens is 3. The molecule has 1 saturated carbocycles. The Labute approximate surface area is 138 Å². The van der Waals surface area contributed by atoms with Crippen LogP contribution in [0.4, 0.5) is 13.2 Å². The summed E-state index contributed by atoms with van der Waals surface area (Å²) in [6.45, 7) is 1.77. The second kappa shape index (κ2) is 7.23. The highest BCUT2D eigenvalue weighted by Gasteiger charge is 2.31. The number of carbonyl (C=O) groups is 2. The largest absolute Gasteiger partial charge is 0.481 e. The highest BCUT2D eigenvalue weighted by atomic mass is 19.4. The van der Waals surface area contributed by atoms with Crippen LogP contribution in [0.5, 0.6) is 0 Å².